The quantitative estimate of drug-likeness (QED) is 0.0781. The fourth-order valence-electron chi connectivity index (χ4n) is 11.9. The number of benzene rings is 6. The summed E-state index contributed by atoms with van der Waals surface area (Å²) in [7, 11) is 6.72. The van der Waals surface area contributed by atoms with Crippen molar-refractivity contribution in [3.63, 3.8) is 0 Å². The first-order chi connectivity index (χ1) is 32.1. The zero-order valence-electron chi connectivity index (χ0n) is 40.1. The number of fused-ring (bicyclic) bond motifs is 10. The Bertz CT molecular complexity index is 2890. The van der Waals surface area contributed by atoms with Crippen LogP contribution in [-0.4, -0.2) is 53.4 Å². The van der Waals surface area contributed by atoms with E-state index in [0.717, 1.165) is 69.4 Å². The molecule has 0 radical (unpaired) electrons. The van der Waals surface area contributed by atoms with E-state index in [9.17, 15) is 9.59 Å². The van der Waals surface area contributed by atoms with E-state index >= 15 is 0 Å². The second kappa shape index (κ2) is 17.5. The van der Waals surface area contributed by atoms with Gasteiger partial charge < -0.3 is 38.0 Å². The molecule has 0 saturated heterocycles. The predicted octanol–water partition coefficient (Wildman–Crippen LogP) is 12.7. The summed E-state index contributed by atoms with van der Waals surface area (Å²) in [6, 6.07) is 35.3. The first kappa shape index (κ1) is 45.4. The lowest BCUT2D eigenvalue weighted by Gasteiger charge is -2.52. The van der Waals surface area contributed by atoms with E-state index < -0.39 is 11.6 Å². The normalized spacial score (nSPS) is 18.0. The van der Waals surface area contributed by atoms with Crippen LogP contribution < -0.4 is 28.4 Å². The fraction of sp³-hybridized carbons (Fsp3) is 0.345. The van der Waals surface area contributed by atoms with Gasteiger partial charge in [-0.25, -0.2) is 0 Å². The number of Topliss-reactive ketones (excluding diaryl/α,β-unsaturated/α-hetero) is 1. The molecule has 9 nitrogen and oxygen atoms in total. The maximum Gasteiger partial charge on any atom is 0.306 e. The summed E-state index contributed by atoms with van der Waals surface area (Å²) in [5.74, 6) is 3.71. The van der Waals surface area contributed by atoms with Gasteiger partial charge in [-0.2, -0.15) is 0 Å². The number of ether oxygens (including phenoxy) is 7. The van der Waals surface area contributed by atoms with Gasteiger partial charge in [0, 0.05) is 51.1 Å². The molecule has 1 aliphatic heterocycles. The minimum atomic E-state index is -1.08. The Morgan fingerprint density at radius 3 is 1.88 bits per heavy atom. The molecule has 2 aliphatic carbocycles. The summed E-state index contributed by atoms with van der Waals surface area (Å²) in [5, 5.41) is 2.00. The Labute approximate surface area is 394 Å². The summed E-state index contributed by atoms with van der Waals surface area (Å²) in [6.07, 6.45) is 7.82. The highest BCUT2D eigenvalue weighted by Gasteiger charge is 2.55. The Kier molecular flexibility index (Phi) is 11.9. The lowest BCUT2D eigenvalue weighted by molar-refractivity contribution is -0.145. The number of rotatable bonds is 14. The smallest absolute Gasteiger partial charge is 0.306 e. The minimum Gasteiger partial charge on any atom is -0.497 e. The van der Waals surface area contributed by atoms with Gasteiger partial charge in [0.15, 0.2) is 5.60 Å². The third-order valence-corrected chi connectivity index (χ3v) is 13.9. The van der Waals surface area contributed by atoms with Gasteiger partial charge in [0.05, 0.1) is 34.9 Å². The average molecular weight is 901 g/mol. The van der Waals surface area contributed by atoms with Crippen molar-refractivity contribution in [1.82, 2.24) is 0 Å². The van der Waals surface area contributed by atoms with Crippen LogP contribution in [0.3, 0.4) is 0 Å². The molecule has 346 valence electrons. The van der Waals surface area contributed by atoms with Crippen molar-refractivity contribution in [2.24, 2.45) is 10.8 Å². The molecule has 0 amide bonds. The molecule has 9 rings (SSSR count). The number of esters is 1. The molecule has 1 spiro atoms. The summed E-state index contributed by atoms with van der Waals surface area (Å²) in [5.41, 5.74) is 8.52. The second-order valence-corrected chi connectivity index (χ2v) is 19.8. The third kappa shape index (κ3) is 8.17. The molecule has 9 heteroatoms. The first-order valence-corrected chi connectivity index (χ1v) is 23.1. The average Bonchev–Trinajstić information content (AvgIpc) is 3.58. The molecule has 1 fully saturated rings. The minimum absolute atomic E-state index is 0.0485. The number of carbonyl (C=O) groups excluding carboxylic acids is 2. The Morgan fingerprint density at radius 1 is 0.612 bits per heavy atom. The lowest BCUT2D eigenvalue weighted by atomic mass is 9.52. The van der Waals surface area contributed by atoms with Gasteiger partial charge in [-0.3, -0.25) is 4.79 Å². The van der Waals surface area contributed by atoms with Gasteiger partial charge in [-0.1, -0.05) is 82.3 Å². The van der Waals surface area contributed by atoms with Crippen molar-refractivity contribution in [3.8, 4) is 56.8 Å². The number of hydrogen-bond acceptors (Lipinski definition) is 9. The molecule has 0 bridgehead atoms. The SMILES string of the molecule is COc1ccc(C2(c3ccc(OCCOC(=O)CCC(C)=O)cc3)C=Cc3c4c(c5cc(-c6ccc(OC)cc6OC)c(OC)cc5c3O2)-c2ccccc2C42CC(C)(C)CC(C)(C)C2)cc1. The van der Waals surface area contributed by atoms with Gasteiger partial charge in [0.1, 0.15) is 53.5 Å². The van der Waals surface area contributed by atoms with Crippen LogP contribution >= 0.6 is 0 Å². The highest BCUT2D eigenvalue weighted by molar-refractivity contribution is 6.11. The largest absolute Gasteiger partial charge is 0.497 e. The molecule has 6 aromatic rings. The fourth-order valence-corrected chi connectivity index (χ4v) is 11.9. The maximum atomic E-state index is 12.1. The molecule has 0 aromatic heterocycles. The number of carbonyl (C=O) groups is 2. The summed E-state index contributed by atoms with van der Waals surface area (Å²) in [4.78, 5) is 23.4. The van der Waals surface area contributed by atoms with E-state index in [1.54, 1.807) is 28.4 Å². The molecule has 1 saturated carbocycles. The summed E-state index contributed by atoms with van der Waals surface area (Å²) < 4.78 is 42.7. The van der Waals surface area contributed by atoms with Gasteiger partial charge >= 0.3 is 5.97 Å². The number of hydrogen-bond donors (Lipinski definition) is 0. The molecule has 1 heterocycles. The first-order valence-electron chi connectivity index (χ1n) is 23.1. The molecule has 1 unspecified atom stereocenters. The van der Waals surface area contributed by atoms with Crippen molar-refractivity contribution >= 4 is 28.6 Å². The summed E-state index contributed by atoms with van der Waals surface area (Å²) >= 11 is 0. The van der Waals surface area contributed by atoms with Crippen molar-refractivity contribution in [2.75, 3.05) is 41.7 Å². The monoisotopic (exact) mass is 900 g/mol. The van der Waals surface area contributed by atoms with E-state index in [4.69, 9.17) is 33.2 Å². The van der Waals surface area contributed by atoms with E-state index in [1.807, 2.05) is 54.6 Å². The highest BCUT2D eigenvalue weighted by Crippen LogP contribution is 2.67. The second-order valence-electron chi connectivity index (χ2n) is 19.8. The van der Waals surface area contributed by atoms with Crippen molar-refractivity contribution in [3.05, 3.63) is 137 Å². The Morgan fingerprint density at radius 2 is 1.24 bits per heavy atom. The Hall–Kier alpha value is -6.74. The lowest BCUT2D eigenvalue weighted by Crippen LogP contribution is -2.44. The highest BCUT2D eigenvalue weighted by atomic mass is 16.6. The van der Waals surface area contributed by atoms with Crippen molar-refractivity contribution in [1.29, 1.82) is 0 Å². The van der Waals surface area contributed by atoms with E-state index in [0.29, 0.717) is 23.0 Å². The van der Waals surface area contributed by atoms with Gasteiger partial charge in [0.2, 0.25) is 0 Å². The van der Waals surface area contributed by atoms with Crippen LogP contribution in [0, 0.1) is 10.8 Å². The van der Waals surface area contributed by atoms with Crippen molar-refractivity contribution < 1.29 is 42.7 Å². The van der Waals surface area contributed by atoms with Crippen LogP contribution in [0.2, 0.25) is 0 Å². The van der Waals surface area contributed by atoms with Crippen LogP contribution in [0.4, 0.5) is 0 Å². The van der Waals surface area contributed by atoms with E-state index in [-0.39, 0.29) is 48.1 Å². The Balaban J connectivity index is 1.26. The predicted molar refractivity (Wildman–Crippen MR) is 263 cm³/mol. The molecule has 67 heavy (non-hydrogen) atoms. The molecule has 3 aliphatic rings. The molecular formula is C58H60O9. The van der Waals surface area contributed by atoms with Crippen molar-refractivity contribution in [2.45, 2.75) is 77.7 Å². The van der Waals surface area contributed by atoms with Gasteiger partial charge in [0.25, 0.3) is 0 Å². The number of methoxy groups -OCH3 is 4. The standard InChI is InChI=1S/C58H60O9/c1-36(59)14-25-51(60)66-29-28-65-40-21-17-38(18-22-40)58(37-15-19-39(61-6)20-16-37)27-26-44-53-52(43-12-10-11-13-48(43)57(53)34-55(2,3)33-56(4,5)35-57)46-31-45(50(64-9)32-47(46)54(44)67-58)42-24-23-41(62-7)30-49(42)63-8/h10-13,15-24,26-27,30-32H,14,25,28-29,33-35H2,1-9H3. The molecule has 1 atom stereocenters. The maximum absolute atomic E-state index is 12.1. The van der Waals surface area contributed by atoms with Crippen LogP contribution in [0.15, 0.2) is 109 Å². The van der Waals surface area contributed by atoms with Crippen LogP contribution in [-0.2, 0) is 25.3 Å². The molecule has 0 N–H and O–H groups in total. The third-order valence-electron chi connectivity index (χ3n) is 13.9. The zero-order valence-corrected chi connectivity index (χ0v) is 40.1. The number of ketones is 1. The van der Waals surface area contributed by atoms with Crippen LogP contribution in [0.25, 0.3) is 39.1 Å². The van der Waals surface area contributed by atoms with Crippen LogP contribution in [0.5, 0.6) is 34.5 Å². The molecule has 6 aromatic carbocycles. The van der Waals surface area contributed by atoms with Crippen LogP contribution in [0.1, 0.15) is 94.5 Å². The van der Waals surface area contributed by atoms with E-state index in [1.165, 1.54) is 29.2 Å². The molecular weight excluding hydrogens is 841 g/mol. The van der Waals surface area contributed by atoms with Gasteiger partial charge in [-0.15, -0.1) is 0 Å². The zero-order chi connectivity index (χ0) is 47.3. The topological polar surface area (TPSA) is 98.8 Å². The summed E-state index contributed by atoms with van der Waals surface area (Å²) in [6.45, 7) is 11.4. The van der Waals surface area contributed by atoms with Gasteiger partial charge in [-0.05, 0) is 119 Å². The van der Waals surface area contributed by atoms with E-state index in [2.05, 4.69) is 88.4 Å².